The fourth-order valence-corrected chi connectivity index (χ4v) is 3.35. The summed E-state index contributed by atoms with van der Waals surface area (Å²) in [6.07, 6.45) is 13.0. The average Bonchev–Trinajstić information content (AvgIpc) is 2.30. The van der Waals surface area contributed by atoms with Crippen LogP contribution in [0, 0.1) is 5.92 Å². The van der Waals surface area contributed by atoms with Crippen molar-refractivity contribution < 1.29 is 0 Å². The van der Waals surface area contributed by atoms with Crippen molar-refractivity contribution in [1.82, 2.24) is 4.90 Å². The highest BCUT2D eigenvalue weighted by Crippen LogP contribution is 2.34. The largest absolute Gasteiger partial charge is 0.296 e. The van der Waals surface area contributed by atoms with Crippen molar-refractivity contribution in [3.8, 4) is 0 Å². The summed E-state index contributed by atoms with van der Waals surface area (Å²) in [7, 11) is 0. The number of rotatable bonds is 3. The number of hydrogen-bond donors (Lipinski definition) is 0. The van der Waals surface area contributed by atoms with E-state index in [0.29, 0.717) is 5.88 Å². The first-order valence-corrected chi connectivity index (χ1v) is 6.90. The molecule has 0 spiro atoms. The molecule has 1 aliphatic carbocycles. The normalized spacial score (nSPS) is 33.1. The zero-order valence-corrected chi connectivity index (χ0v) is 10.3. The van der Waals surface area contributed by atoms with E-state index in [1.165, 1.54) is 45.1 Å². The highest BCUT2D eigenvalue weighted by atomic mass is 35.5. The van der Waals surface area contributed by atoms with Crippen LogP contribution in [-0.4, -0.2) is 29.9 Å². The first-order chi connectivity index (χ1) is 7.42. The van der Waals surface area contributed by atoms with Gasteiger partial charge in [-0.2, -0.15) is 0 Å². The summed E-state index contributed by atoms with van der Waals surface area (Å²) in [5.74, 6) is 1.65. The van der Waals surface area contributed by atoms with Gasteiger partial charge in [-0.15, -0.1) is 11.6 Å². The minimum atomic E-state index is 0.655. The van der Waals surface area contributed by atoms with Crippen molar-refractivity contribution in [3.63, 3.8) is 0 Å². The zero-order chi connectivity index (χ0) is 10.5. The Balaban J connectivity index is 1.88. The summed E-state index contributed by atoms with van der Waals surface area (Å²) in [6.45, 7) is 2.42. The molecule has 0 bridgehead atoms. The second kappa shape index (κ2) is 5.91. The molecule has 0 aromatic carbocycles. The smallest absolute Gasteiger partial charge is 0.0404 e. The van der Waals surface area contributed by atoms with E-state index in [2.05, 4.69) is 17.1 Å². The SMILES string of the molecule is ClC/C=C/CN1CCC[C@H]2CCCC[C@H]21. The molecule has 0 N–H and O–H groups in total. The first-order valence-electron chi connectivity index (χ1n) is 6.37. The average molecular weight is 228 g/mol. The molecule has 0 unspecified atom stereocenters. The van der Waals surface area contributed by atoms with Gasteiger partial charge in [0.15, 0.2) is 0 Å². The quantitative estimate of drug-likeness (QED) is 0.528. The van der Waals surface area contributed by atoms with Crippen molar-refractivity contribution in [2.45, 2.75) is 44.6 Å². The topological polar surface area (TPSA) is 3.24 Å². The first kappa shape index (κ1) is 11.5. The molecule has 86 valence electrons. The van der Waals surface area contributed by atoms with E-state index < -0.39 is 0 Å². The van der Waals surface area contributed by atoms with E-state index >= 15 is 0 Å². The van der Waals surface area contributed by atoms with Gasteiger partial charge in [0.2, 0.25) is 0 Å². The number of alkyl halides is 1. The predicted molar refractivity (Wildman–Crippen MR) is 66.4 cm³/mol. The van der Waals surface area contributed by atoms with Crippen LogP contribution >= 0.6 is 11.6 Å². The molecule has 1 saturated heterocycles. The number of piperidine rings is 1. The Morgan fingerprint density at radius 2 is 1.87 bits per heavy atom. The third-order valence-corrected chi connectivity index (χ3v) is 4.13. The molecule has 1 aliphatic heterocycles. The van der Waals surface area contributed by atoms with Crippen LogP contribution in [0.2, 0.25) is 0 Å². The summed E-state index contributed by atoms with van der Waals surface area (Å²) in [4.78, 5) is 2.68. The molecular weight excluding hydrogens is 206 g/mol. The Morgan fingerprint density at radius 3 is 2.73 bits per heavy atom. The summed E-state index contributed by atoms with van der Waals surface area (Å²) in [5, 5.41) is 0. The molecule has 0 radical (unpaired) electrons. The van der Waals surface area contributed by atoms with Crippen molar-refractivity contribution in [1.29, 1.82) is 0 Å². The van der Waals surface area contributed by atoms with Gasteiger partial charge >= 0.3 is 0 Å². The van der Waals surface area contributed by atoms with Gasteiger partial charge in [-0.1, -0.05) is 25.0 Å². The fourth-order valence-electron chi connectivity index (χ4n) is 3.23. The molecule has 2 rings (SSSR count). The van der Waals surface area contributed by atoms with Crippen LogP contribution < -0.4 is 0 Å². The van der Waals surface area contributed by atoms with Crippen molar-refractivity contribution >= 4 is 11.6 Å². The monoisotopic (exact) mass is 227 g/mol. The van der Waals surface area contributed by atoms with Gasteiger partial charge in [0.1, 0.15) is 0 Å². The molecule has 1 saturated carbocycles. The van der Waals surface area contributed by atoms with E-state index in [4.69, 9.17) is 11.6 Å². The number of hydrogen-bond acceptors (Lipinski definition) is 1. The molecule has 0 aromatic rings. The van der Waals surface area contributed by atoms with Gasteiger partial charge in [-0.3, -0.25) is 4.90 Å². The van der Waals surface area contributed by atoms with Crippen molar-refractivity contribution in [2.75, 3.05) is 19.0 Å². The zero-order valence-electron chi connectivity index (χ0n) is 9.50. The Labute approximate surface area is 98.5 Å². The number of halogens is 1. The second-order valence-corrected chi connectivity index (χ2v) is 5.18. The van der Waals surface area contributed by atoms with Gasteiger partial charge in [0, 0.05) is 18.5 Å². The lowest BCUT2D eigenvalue weighted by Gasteiger charge is -2.43. The molecule has 2 fully saturated rings. The molecular formula is C13H22ClN. The van der Waals surface area contributed by atoms with Crippen LogP contribution in [0.3, 0.4) is 0 Å². The van der Waals surface area contributed by atoms with E-state index in [9.17, 15) is 0 Å². The summed E-state index contributed by atoms with van der Waals surface area (Å²) in [6, 6.07) is 0.882. The number of likely N-dealkylation sites (tertiary alicyclic amines) is 1. The molecule has 2 heteroatoms. The standard InChI is InChI=1S/C13H22ClN/c14-9-3-4-10-15-11-5-7-12-6-1-2-8-13(12)15/h3-4,12-13H,1-2,5-11H2/b4-3+/t12-,13-/m1/s1. The van der Waals surface area contributed by atoms with Crippen LogP contribution in [0.1, 0.15) is 38.5 Å². The highest BCUT2D eigenvalue weighted by molar-refractivity contribution is 6.18. The lowest BCUT2D eigenvalue weighted by molar-refractivity contribution is 0.0711. The van der Waals surface area contributed by atoms with Crippen molar-refractivity contribution in [3.05, 3.63) is 12.2 Å². The maximum Gasteiger partial charge on any atom is 0.0404 e. The minimum Gasteiger partial charge on any atom is -0.296 e. The third kappa shape index (κ3) is 2.98. The Morgan fingerprint density at radius 1 is 1.07 bits per heavy atom. The molecule has 0 aromatic heterocycles. The van der Waals surface area contributed by atoms with E-state index in [1.807, 2.05) is 0 Å². The lowest BCUT2D eigenvalue weighted by atomic mass is 9.78. The van der Waals surface area contributed by atoms with E-state index in [-0.39, 0.29) is 0 Å². The van der Waals surface area contributed by atoms with Crippen LogP contribution in [-0.2, 0) is 0 Å². The summed E-state index contributed by atoms with van der Waals surface area (Å²) < 4.78 is 0. The maximum absolute atomic E-state index is 5.65. The van der Waals surface area contributed by atoms with Crippen LogP contribution in [0.5, 0.6) is 0 Å². The Bertz CT molecular complexity index is 213. The van der Waals surface area contributed by atoms with Gasteiger partial charge in [-0.25, -0.2) is 0 Å². The van der Waals surface area contributed by atoms with E-state index in [0.717, 1.165) is 18.5 Å². The summed E-state index contributed by atoms with van der Waals surface area (Å²) >= 11 is 5.65. The summed E-state index contributed by atoms with van der Waals surface area (Å²) in [5.41, 5.74) is 0. The molecule has 1 nitrogen and oxygen atoms in total. The number of nitrogens with zero attached hydrogens (tertiary/aromatic N) is 1. The maximum atomic E-state index is 5.65. The van der Waals surface area contributed by atoms with Crippen LogP contribution in [0.25, 0.3) is 0 Å². The molecule has 0 amide bonds. The Hall–Kier alpha value is -0.0100. The van der Waals surface area contributed by atoms with Gasteiger partial charge < -0.3 is 0 Å². The predicted octanol–water partition coefficient (Wildman–Crippen LogP) is 3.44. The second-order valence-electron chi connectivity index (χ2n) is 4.87. The van der Waals surface area contributed by atoms with Crippen LogP contribution in [0.15, 0.2) is 12.2 Å². The number of fused-ring (bicyclic) bond motifs is 1. The van der Waals surface area contributed by atoms with Gasteiger partial charge in [-0.05, 0) is 38.1 Å². The fraction of sp³-hybridized carbons (Fsp3) is 0.846. The lowest BCUT2D eigenvalue weighted by Crippen LogP contribution is -2.46. The van der Waals surface area contributed by atoms with Gasteiger partial charge in [0.05, 0.1) is 0 Å². The molecule has 2 aliphatic rings. The Kier molecular flexibility index (Phi) is 4.52. The van der Waals surface area contributed by atoms with Crippen LogP contribution in [0.4, 0.5) is 0 Å². The minimum absolute atomic E-state index is 0.655. The van der Waals surface area contributed by atoms with E-state index in [1.54, 1.807) is 0 Å². The molecule has 1 heterocycles. The number of allylic oxidation sites excluding steroid dienone is 1. The van der Waals surface area contributed by atoms with Crippen molar-refractivity contribution in [2.24, 2.45) is 5.92 Å². The molecule has 15 heavy (non-hydrogen) atoms. The third-order valence-electron chi connectivity index (χ3n) is 3.95. The van der Waals surface area contributed by atoms with Gasteiger partial charge in [0.25, 0.3) is 0 Å². The highest BCUT2D eigenvalue weighted by Gasteiger charge is 2.32. The molecule has 2 atom stereocenters.